The molecule has 0 radical (unpaired) electrons. The van der Waals surface area contributed by atoms with Crippen LogP contribution in [0.4, 0.5) is 0 Å². The van der Waals surface area contributed by atoms with E-state index in [1.54, 1.807) is 13.8 Å². The topological polar surface area (TPSA) is 80.7 Å². The number of esters is 1. The third-order valence-electron chi connectivity index (χ3n) is 1.89. The normalized spacial score (nSPS) is 11.9. The Bertz CT molecular complexity index is 246. The van der Waals surface area contributed by atoms with Gasteiger partial charge in [0.2, 0.25) is 0 Å². The van der Waals surface area contributed by atoms with Gasteiger partial charge in [0.15, 0.2) is 0 Å². The maximum atomic E-state index is 11.1. The first kappa shape index (κ1) is 13.6. The fourth-order valence-corrected chi connectivity index (χ4v) is 0.978. The van der Waals surface area contributed by atoms with Crippen molar-refractivity contribution in [1.29, 1.82) is 0 Å². The van der Waals surface area contributed by atoms with E-state index in [2.05, 4.69) is 0 Å². The molecule has 1 atom stereocenters. The van der Waals surface area contributed by atoms with Crippen LogP contribution in [-0.4, -0.2) is 28.9 Å². The summed E-state index contributed by atoms with van der Waals surface area (Å²) >= 11 is 0. The van der Waals surface area contributed by atoms with Gasteiger partial charge in [-0.1, -0.05) is 13.8 Å². The molecular weight excluding hydrogens is 200 g/mol. The molecule has 0 aliphatic carbocycles. The summed E-state index contributed by atoms with van der Waals surface area (Å²) in [5.41, 5.74) is 0. The van der Waals surface area contributed by atoms with E-state index < -0.39 is 18.0 Å². The fraction of sp³-hybridized carbons (Fsp3) is 0.700. The van der Waals surface area contributed by atoms with Gasteiger partial charge in [-0.15, -0.1) is 0 Å². The smallest absolute Gasteiger partial charge is 0.313 e. The lowest BCUT2D eigenvalue weighted by Gasteiger charge is -2.13. The SMILES string of the molecule is CCC(=O)CC(=O)OC(CC)CC(=O)O. The summed E-state index contributed by atoms with van der Waals surface area (Å²) < 4.78 is 4.84. The molecule has 86 valence electrons. The Morgan fingerprint density at radius 1 is 1.27 bits per heavy atom. The largest absolute Gasteiger partial charge is 0.481 e. The maximum Gasteiger partial charge on any atom is 0.313 e. The second kappa shape index (κ2) is 6.98. The molecule has 5 heteroatoms. The fourth-order valence-electron chi connectivity index (χ4n) is 0.978. The van der Waals surface area contributed by atoms with Crippen LogP contribution < -0.4 is 0 Å². The highest BCUT2D eigenvalue weighted by molar-refractivity contribution is 5.95. The van der Waals surface area contributed by atoms with Crippen LogP contribution in [0.5, 0.6) is 0 Å². The van der Waals surface area contributed by atoms with Crippen molar-refractivity contribution in [2.45, 2.75) is 45.6 Å². The molecule has 5 nitrogen and oxygen atoms in total. The van der Waals surface area contributed by atoms with Crippen molar-refractivity contribution in [1.82, 2.24) is 0 Å². The van der Waals surface area contributed by atoms with E-state index in [-0.39, 0.29) is 25.0 Å². The summed E-state index contributed by atoms with van der Waals surface area (Å²) in [4.78, 5) is 32.4. The van der Waals surface area contributed by atoms with Gasteiger partial charge in [-0.25, -0.2) is 0 Å². The van der Waals surface area contributed by atoms with Crippen molar-refractivity contribution in [2.75, 3.05) is 0 Å². The molecule has 0 bridgehead atoms. The summed E-state index contributed by atoms with van der Waals surface area (Å²) in [6.07, 6.45) is -0.419. The molecule has 1 unspecified atom stereocenters. The predicted molar refractivity (Wildman–Crippen MR) is 52.3 cm³/mol. The van der Waals surface area contributed by atoms with Gasteiger partial charge in [-0.2, -0.15) is 0 Å². The Labute approximate surface area is 88.4 Å². The van der Waals surface area contributed by atoms with Crippen molar-refractivity contribution in [2.24, 2.45) is 0 Å². The van der Waals surface area contributed by atoms with Crippen LogP contribution in [0.15, 0.2) is 0 Å². The van der Waals surface area contributed by atoms with E-state index in [1.165, 1.54) is 0 Å². The predicted octanol–water partition coefficient (Wildman–Crippen LogP) is 1.15. The minimum atomic E-state index is -1.02. The number of carboxylic acids is 1. The summed E-state index contributed by atoms with van der Waals surface area (Å²) in [6.45, 7) is 3.38. The standard InChI is InChI=1S/C10H16O5/c1-3-7(11)5-10(14)15-8(4-2)6-9(12)13/h8H,3-6H2,1-2H3,(H,12,13). The van der Waals surface area contributed by atoms with Gasteiger partial charge in [0.25, 0.3) is 0 Å². The van der Waals surface area contributed by atoms with Crippen LogP contribution in [0.1, 0.15) is 39.5 Å². The molecule has 0 spiro atoms. The molecule has 0 aliphatic rings. The Hall–Kier alpha value is -1.39. The van der Waals surface area contributed by atoms with E-state index in [1.807, 2.05) is 0 Å². The van der Waals surface area contributed by atoms with Gasteiger partial charge in [0.05, 0.1) is 6.42 Å². The van der Waals surface area contributed by atoms with Crippen molar-refractivity contribution >= 4 is 17.7 Å². The Balaban J connectivity index is 4.01. The van der Waals surface area contributed by atoms with Crippen molar-refractivity contribution in [3.05, 3.63) is 0 Å². The molecule has 0 saturated heterocycles. The molecule has 0 aromatic rings. The average Bonchev–Trinajstić information content (AvgIpc) is 2.15. The highest BCUT2D eigenvalue weighted by atomic mass is 16.5. The molecule has 0 rings (SSSR count). The van der Waals surface area contributed by atoms with Crippen LogP contribution in [0.25, 0.3) is 0 Å². The molecule has 0 aromatic heterocycles. The summed E-state index contributed by atoms with van der Waals surface area (Å²) in [5, 5.41) is 8.50. The van der Waals surface area contributed by atoms with Crippen LogP contribution >= 0.6 is 0 Å². The number of aliphatic carboxylic acids is 1. The Morgan fingerprint density at radius 3 is 2.27 bits per heavy atom. The number of carboxylic acid groups (broad SMARTS) is 1. The van der Waals surface area contributed by atoms with Gasteiger partial charge in [0.1, 0.15) is 18.3 Å². The molecular formula is C10H16O5. The third-order valence-corrected chi connectivity index (χ3v) is 1.89. The number of Topliss-reactive ketones (excluding diaryl/α,β-unsaturated/α-hetero) is 1. The highest BCUT2D eigenvalue weighted by Crippen LogP contribution is 2.06. The van der Waals surface area contributed by atoms with E-state index in [4.69, 9.17) is 9.84 Å². The van der Waals surface area contributed by atoms with Gasteiger partial charge in [0, 0.05) is 6.42 Å². The molecule has 1 N–H and O–H groups in total. The van der Waals surface area contributed by atoms with E-state index in [0.29, 0.717) is 6.42 Å². The monoisotopic (exact) mass is 216 g/mol. The van der Waals surface area contributed by atoms with Gasteiger partial charge in [-0.3, -0.25) is 14.4 Å². The quantitative estimate of drug-likeness (QED) is 0.510. The zero-order chi connectivity index (χ0) is 11.8. The minimum Gasteiger partial charge on any atom is -0.481 e. The summed E-state index contributed by atoms with van der Waals surface area (Å²) in [6, 6.07) is 0. The molecule has 0 aromatic carbocycles. The second-order valence-electron chi connectivity index (χ2n) is 3.19. The summed E-state index contributed by atoms with van der Waals surface area (Å²) in [5.74, 6) is -1.86. The van der Waals surface area contributed by atoms with Gasteiger partial charge < -0.3 is 9.84 Å². The lowest BCUT2D eigenvalue weighted by atomic mass is 10.2. The van der Waals surface area contributed by atoms with E-state index >= 15 is 0 Å². The zero-order valence-electron chi connectivity index (χ0n) is 8.99. The lowest BCUT2D eigenvalue weighted by molar-refractivity contribution is -0.154. The highest BCUT2D eigenvalue weighted by Gasteiger charge is 2.17. The second-order valence-corrected chi connectivity index (χ2v) is 3.19. The zero-order valence-corrected chi connectivity index (χ0v) is 8.99. The molecule has 0 aliphatic heterocycles. The van der Waals surface area contributed by atoms with E-state index in [9.17, 15) is 14.4 Å². The molecule has 15 heavy (non-hydrogen) atoms. The van der Waals surface area contributed by atoms with Crippen molar-refractivity contribution in [3.8, 4) is 0 Å². The Morgan fingerprint density at radius 2 is 1.87 bits per heavy atom. The lowest BCUT2D eigenvalue weighted by Crippen LogP contribution is -2.22. The molecule has 0 heterocycles. The van der Waals surface area contributed by atoms with Crippen LogP contribution in [0.2, 0.25) is 0 Å². The van der Waals surface area contributed by atoms with Crippen molar-refractivity contribution in [3.63, 3.8) is 0 Å². The number of carbonyl (C=O) groups is 3. The first-order valence-electron chi connectivity index (χ1n) is 4.92. The van der Waals surface area contributed by atoms with Crippen LogP contribution in [0, 0.1) is 0 Å². The molecule has 0 fully saturated rings. The first-order chi connectivity index (χ1) is 6.99. The van der Waals surface area contributed by atoms with Crippen LogP contribution in [0.3, 0.4) is 0 Å². The van der Waals surface area contributed by atoms with Gasteiger partial charge >= 0.3 is 11.9 Å². The Kier molecular flexibility index (Phi) is 6.33. The van der Waals surface area contributed by atoms with Crippen LogP contribution in [-0.2, 0) is 19.1 Å². The number of ketones is 1. The third kappa shape index (κ3) is 6.65. The number of hydrogen-bond acceptors (Lipinski definition) is 4. The molecule has 0 amide bonds. The van der Waals surface area contributed by atoms with Crippen molar-refractivity contribution < 1.29 is 24.2 Å². The number of ether oxygens (including phenoxy) is 1. The first-order valence-corrected chi connectivity index (χ1v) is 4.92. The average molecular weight is 216 g/mol. The minimum absolute atomic E-state index is 0.204. The number of rotatable bonds is 7. The van der Waals surface area contributed by atoms with E-state index in [0.717, 1.165) is 0 Å². The summed E-state index contributed by atoms with van der Waals surface area (Å²) in [7, 11) is 0. The number of hydrogen-bond donors (Lipinski definition) is 1. The van der Waals surface area contributed by atoms with Gasteiger partial charge in [-0.05, 0) is 6.42 Å². The number of carbonyl (C=O) groups excluding carboxylic acids is 2. The molecule has 0 saturated carbocycles. The maximum absolute atomic E-state index is 11.1.